The largest absolute Gasteiger partial charge is 0.456 e. The molecule has 0 atom stereocenters. The first kappa shape index (κ1) is 27.0. The number of furan rings is 1. The zero-order valence-corrected chi connectivity index (χ0v) is 25.3. The summed E-state index contributed by atoms with van der Waals surface area (Å²) >= 11 is 0. The number of rotatable bonds is 5. The van der Waals surface area contributed by atoms with E-state index in [9.17, 15) is 0 Å². The molecule has 0 aliphatic heterocycles. The van der Waals surface area contributed by atoms with Gasteiger partial charge in [-0.2, -0.15) is 0 Å². The smallest absolute Gasteiger partial charge is 0.164 e. The van der Waals surface area contributed by atoms with E-state index in [1.807, 2.05) is 66.7 Å². The molecule has 0 saturated heterocycles. The van der Waals surface area contributed by atoms with E-state index in [-0.39, 0.29) is 0 Å². The van der Waals surface area contributed by atoms with Gasteiger partial charge in [0, 0.05) is 27.5 Å². The van der Waals surface area contributed by atoms with Crippen LogP contribution < -0.4 is 0 Å². The Kier molecular flexibility index (Phi) is 6.43. The highest BCUT2D eigenvalue weighted by molar-refractivity contribution is 6.12. The lowest BCUT2D eigenvalue weighted by atomic mass is 9.94. The van der Waals surface area contributed by atoms with Gasteiger partial charge in [-0.1, -0.05) is 133 Å². The Morgan fingerprint density at radius 2 is 0.915 bits per heavy atom. The minimum absolute atomic E-state index is 0.603. The normalized spacial score (nSPS) is 11.4. The average molecular weight is 602 g/mol. The predicted molar refractivity (Wildman–Crippen MR) is 192 cm³/mol. The maximum atomic E-state index is 6.24. The molecule has 2 heterocycles. The molecular weight excluding hydrogens is 574 g/mol. The lowest BCUT2D eigenvalue weighted by Crippen LogP contribution is -2.01. The highest BCUT2D eigenvalue weighted by Crippen LogP contribution is 2.38. The molecule has 0 saturated carbocycles. The number of fused-ring (bicyclic) bond motifs is 4. The van der Waals surface area contributed by atoms with Gasteiger partial charge >= 0.3 is 0 Å². The molecule has 0 unspecified atom stereocenters. The van der Waals surface area contributed by atoms with E-state index in [1.54, 1.807) is 0 Å². The number of hydrogen-bond donors (Lipinski definition) is 0. The molecule has 7 aromatic carbocycles. The number of aromatic nitrogens is 3. The van der Waals surface area contributed by atoms with Crippen molar-refractivity contribution in [2.45, 2.75) is 0 Å². The molecule has 9 rings (SSSR count). The van der Waals surface area contributed by atoms with E-state index in [0.29, 0.717) is 17.5 Å². The van der Waals surface area contributed by atoms with Crippen molar-refractivity contribution < 1.29 is 4.42 Å². The Morgan fingerprint density at radius 3 is 1.72 bits per heavy atom. The van der Waals surface area contributed by atoms with Crippen LogP contribution in [0.25, 0.3) is 89.1 Å². The molecule has 0 radical (unpaired) electrons. The Hall–Kier alpha value is -6.39. The molecular formula is C43H27N3O. The minimum Gasteiger partial charge on any atom is -0.456 e. The molecule has 4 heteroatoms. The van der Waals surface area contributed by atoms with E-state index in [2.05, 4.69) is 97.1 Å². The summed E-state index contributed by atoms with van der Waals surface area (Å²) in [5.41, 5.74) is 9.02. The van der Waals surface area contributed by atoms with E-state index in [4.69, 9.17) is 19.4 Å². The summed E-state index contributed by atoms with van der Waals surface area (Å²) < 4.78 is 6.24. The topological polar surface area (TPSA) is 51.8 Å². The average Bonchev–Trinajstić information content (AvgIpc) is 3.54. The summed E-state index contributed by atoms with van der Waals surface area (Å²) in [5, 5.41) is 4.23. The molecule has 0 bridgehead atoms. The molecule has 0 aliphatic rings. The van der Waals surface area contributed by atoms with Crippen molar-refractivity contribution in [1.82, 2.24) is 15.0 Å². The van der Waals surface area contributed by atoms with E-state index in [1.165, 1.54) is 11.1 Å². The fourth-order valence-corrected chi connectivity index (χ4v) is 6.47. The molecule has 0 spiro atoms. The van der Waals surface area contributed by atoms with Gasteiger partial charge in [0.15, 0.2) is 17.5 Å². The highest BCUT2D eigenvalue weighted by atomic mass is 16.3. The Morgan fingerprint density at radius 1 is 0.340 bits per heavy atom. The van der Waals surface area contributed by atoms with Gasteiger partial charge in [0.1, 0.15) is 11.2 Å². The third-order valence-corrected chi connectivity index (χ3v) is 8.72. The fourth-order valence-electron chi connectivity index (χ4n) is 6.47. The Labute approximate surface area is 271 Å². The summed E-state index contributed by atoms with van der Waals surface area (Å²) in [6.45, 7) is 0. The van der Waals surface area contributed by atoms with Crippen LogP contribution in [0.5, 0.6) is 0 Å². The lowest BCUT2D eigenvalue weighted by molar-refractivity contribution is 0.669. The second-order valence-corrected chi connectivity index (χ2v) is 11.6. The lowest BCUT2D eigenvalue weighted by Gasteiger charge is -2.13. The van der Waals surface area contributed by atoms with Gasteiger partial charge in [-0.05, 0) is 63.4 Å². The van der Waals surface area contributed by atoms with Crippen LogP contribution in [0.3, 0.4) is 0 Å². The van der Waals surface area contributed by atoms with E-state index < -0.39 is 0 Å². The Bertz CT molecular complexity index is 2570. The van der Waals surface area contributed by atoms with E-state index >= 15 is 0 Å². The molecule has 0 amide bonds. The van der Waals surface area contributed by atoms with Gasteiger partial charge < -0.3 is 4.42 Å². The quantitative estimate of drug-likeness (QED) is 0.197. The van der Waals surface area contributed by atoms with Gasteiger partial charge in [-0.3, -0.25) is 0 Å². The van der Waals surface area contributed by atoms with Gasteiger partial charge in [-0.25, -0.2) is 15.0 Å². The first-order valence-electron chi connectivity index (χ1n) is 15.7. The van der Waals surface area contributed by atoms with E-state index in [0.717, 1.165) is 60.5 Å². The summed E-state index contributed by atoms with van der Waals surface area (Å²) in [4.78, 5) is 15.4. The number of nitrogens with zero attached hydrogens (tertiary/aromatic N) is 3. The van der Waals surface area contributed by atoms with Crippen LogP contribution >= 0.6 is 0 Å². The van der Waals surface area contributed by atoms with Crippen molar-refractivity contribution in [3.05, 3.63) is 164 Å². The molecule has 0 N–H and O–H groups in total. The first-order valence-corrected chi connectivity index (χ1v) is 15.7. The van der Waals surface area contributed by atoms with Crippen molar-refractivity contribution in [3.63, 3.8) is 0 Å². The number of para-hydroxylation sites is 1. The van der Waals surface area contributed by atoms with Gasteiger partial charge in [-0.15, -0.1) is 0 Å². The molecule has 2 aromatic heterocycles. The van der Waals surface area contributed by atoms with Gasteiger partial charge in [0.25, 0.3) is 0 Å². The van der Waals surface area contributed by atoms with Crippen molar-refractivity contribution in [2.24, 2.45) is 0 Å². The van der Waals surface area contributed by atoms with Crippen LogP contribution in [-0.2, 0) is 0 Å². The molecule has 0 fully saturated rings. The maximum Gasteiger partial charge on any atom is 0.164 e. The SMILES string of the molecule is c1ccc(-c2cccc(-c3cc(-c4nc(-c5ccccc5)nc(-c5cccc6oc7ccccc7c56)n4)c4ccccc4c3)c2)cc1. The summed E-state index contributed by atoms with van der Waals surface area (Å²) in [7, 11) is 0. The zero-order chi connectivity index (χ0) is 31.2. The van der Waals surface area contributed by atoms with Crippen LogP contribution in [0.4, 0.5) is 0 Å². The predicted octanol–water partition coefficient (Wildman–Crippen LogP) is 11.3. The van der Waals surface area contributed by atoms with Gasteiger partial charge in [0.2, 0.25) is 0 Å². The third-order valence-electron chi connectivity index (χ3n) is 8.72. The van der Waals surface area contributed by atoms with Crippen molar-refractivity contribution in [2.75, 3.05) is 0 Å². The van der Waals surface area contributed by atoms with Crippen molar-refractivity contribution in [3.8, 4) is 56.4 Å². The summed E-state index contributed by atoms with van der Waals surface area (Å²) in [6, 6.07) is 56.4. The maximum absolute atomic E-state index is 6.24. The number of hydrogen-bond acceptors (Lipinski definition) is 4. The highest BCUT2D eigenvalue weighted by Gasteiger charge is 2.19. The summed E-state index contributed by atoms with van der Waals surface area (Å²) in [5.74, 6) is 1.85. The fraction of sp³-hybridized carbons (Fsp3) is 0. The third kappa shape index (κ3) is 4.84. The van der Waals surface area contributed by atoms with Crippen molar-refractivity contribution in [1.29, 1.82) is 0 Å². The molecule has 47 heavy (non-hydrogen) atoms. The van der Waals surface area contributed by atoms with Crippen LogP contribution in [0.2, 0.25) is 0 Å². The number of benzene rings is 7. The standard InChI is InChI=1S/C43H27N3O/c1-3-13-28(14-4-1)30-18-11-19-31(25-30)33-26-32-17-7-8-20-34(32)37(27-33)43-45-41(29-15-5-2-6-16-29)44-42(46-43)36-22-12-24-39-40(36)35-21-9-10-23-38(35)47-39/h1-27H. The van der Waals surface area contributed by atoms with Crippen LogP contribution in [0.15, 0.2) is 168 Å². The second-order valence-electron chi connectivity index (χ2n) is 11.6. The molecule has 4 nitrogen and oxygen atoms in total. The van der Waals surface area contributed by atoms with Gasteiger partial charge in [0.05, 0.1) is 0 Å². The summed E-state index contributed by atoms with van der Waals surface area (Å²) in [6.07, 6.45) is 0. The second kappa shape index (κ2) is 11.2. The first-order chi connectivity index (χ1) is 23.3. The van der Waals surface area contributed by atoms with Crippen LogP contribution in [-0.4, -0.2) is 15.0 Å². The minimum atomic E-state index is 0.603. The molecule has 0 aliphatic carbocycles. The van der Waals surface area contributed by atoms with Crippen LogP contribution in [0, 0.1) is 0 Å². The molecule has 220 valence electrons. The van der Waals surface area contributed by atoms with Crippen LogP contribution in [0.1, 0.15) is 0 Å². The zero-order valence-electron chi connectivity index (χ0n) is 25.3. The van der Waals surface area contributed by atoms with Crippen molar-refractivity contribution >= 4 is 32.7 Å². The monoisotopic (exact) mass is 601 g/mol. The Balaban J connectivity index is 1.29. The molecule has 9 aromatic rings.